The average Bonchev–Trinajstić information content (AvgIpc) is 2.83. The molecule has 0 atom stereocenters. The van der Waals surface area contributed by atoms with E-state index in [0.29, 0.717) is 32.8 Å². The molecule has 0 fully saturated rings. The number of nitrogens with zero attached hydrogens (tertiary/aromatic N) is 1. The van der Waals surface area contributed by atoms with Crippen molar-refractivity contribution in [3.05, 3.63) is 12.2 Å². The van der Waals surface area contributed by atoms with Gasteiger partial charge in [-0.15, -0.1) is 6.42 Å². The fourth-order valence-corrected chi connectivity index (χ4v) is 2.23. The molecular formula is C19H29NO5. The summed E-state index contributed by atoms with van der Waals surface area (Å²) in [5.74, 6) is 1.86. The first-order valence-corrected chi connectivity index (χ1v) is 8.49. The van der Waals surface area contributed by atoms with Crippen LogP contribution in [0.15, 0.2) is 12.2 Å². The lowest BCUT2D eigenvalue weighted by molar-refractivity contribution is -0.139. The van der Waals surface area contributed by atoms with Crippen molar-refractivity contribution < 1.29 is 23.8 Å². The highest BCUT2D eigenvalue weighted by Gasteiger charge is 2.26. The third-order valence-electron chi connectivity index (χ3n) is 3.94. The van der Waals surface area contributed by atoms with Crippen molar-refractivity contribution in [1.29, 1.82) is 0 Å². The van der Waals surface area contributed by atoms with Crippen LogP contribution in [0.1, 0.15) is 40.5 Å². The number of carbonyl (C=O) groups is 2. The molecule has 2 amide bonds. The number of terminal acetylenes is 1. The van der Waals surface area contributed by atoms with Crippen LogP contribution >= 0.6 is 0 Å². The first-order chi connectivity index (χ1) is 11.7. The monoisotopic (exact) mass is 351 g/mol. The summed E-state index contributed by atoms with van der Waals surface area (Å²) >= 11 is 0. The number of imide groups is 1. The van der Waals surface area contributed by atoms with E-state index in [1.807, 2.05) is 27.7 Å². The zero-order valence-corrected chi connectivity index (χ0v) is 15.7. The van der Waals surface area contributed by atoms with Crippen molar-refractivity contribution in [1.82, 2.24) is 4.90 Å². The van der Waals surface area contributed by atoms with Crippen LogP contribution in [-0.4, -0.2) is 60.9 Å². The van der Waals surface area contributed by atoms with Gasteiger partial charge in [0.25, 0.3) is 11.8 Å². The van der Waals surface area contributed by atoms with Crippen molar-refractivity contribution in [2.24, 2.45) is 0 Å². The fraction of sp³-hybridized carbons (Fsp3) is 0.684. The topological polar surface area (TPSA) is 65.1 Å². The minimum Gasteiger partial charge on any atom is -0.375 e. The summed E-state index contributed by atoms with van der Waals surface area (Å²) in [4.78, 5) is 24.1. The fourth-order valence-electron chi connectivity index (χ4n) is 2.23. The van der Waals surface area contributed by atoms with E-state index in [0.717, 1.165) is 6.42 Å². The lowest BCUT2D eigenvalue weighted by Gasteiger charge is -2.30. The van der Waals surface area contributed by atoms with E-state index in [4.69, 9.17) is 20.6 Å². The highest BCUT2D eigenvalue weighted by Crippen LogP contribution is 2.19. The summed E-state index contributed by atoms with van der Waals surface area (Å²) in [5.41, 5.74) is -0.708. The second kappa shape index (κ2) is 9.71. The molecule has 140 valence electrons. The van der Waals surface area contributed by atoms with Crippen LogP contribution < -0.4 is 0 Å². The molecule has 0 unspecified atom stereocenters. The maximum atomic E-state index is 11.5. The molecule has 0 saturated heterocycles. The molecule has 0 aromatic heterocycles. The molecule has 0 aliphatic carbocycles. The van der Waals surface area contributed by atoms with Crippen LogP contribution in [0.4, 0.5) is 0 Å². The summed E-state index contributed by atoms with van der Waals surface area (Å²) in [6, 6.07) is 0. The van der Waals surface area contributed by atoms with Gasteiger partial charge in [0.2, 0.25) is 0 Å². The van der Waals surface area contributed by atoms with E-state index in [1.54, 1.807) is 0 Å². The molecule has 1 rings (SSSR count). The van der Waals surface area contributed by atoms with Gasteiger partial charge in [0.1, 0.15) is 6.61 Å². The molecular weight excluding hydrogens is 322 g/mol. The van der Waals surface area contributed by atoms with E-state index >= 15 is 0 Å². The van der Waals surface area contributed by atoms with Crippen molar-refractivity contribution in [3.8, 4) is 12.3 Å². The van der Waals surface area contributed by atoms with Crippen LogP contribution in [0, 0.1) is 12.3 Å². The molecule has 0 bridgehead atoms. The molecule has 6 heteroatoms. The van der Waals surface area contributed by atoms with Gasteiger partial charge in [-0.3, -0.25) is 14.5 Å². The quantitative estimate of drug-likeness (QED) is 0.305. The van der Waals surface area contributed by atoms with Gasteiger partial charge < -0.3 is 14.2 Å². The Morgan fingerprint density at radius 2 is 1.48 bits per heavy atom. The predicted octanol–water partition coefficient (Wildman–Crippen LogP) is 1.93. The number of hydrogen-bond acceptors (Lipinski definition) is 5. The first kappa shape index (κ1) is 21.4. The van der Waals surface area contributed by atoms with Gasteiger partial charge >= 0.3 is 0 Å². The summed E-state index contributed by atoms with van der Waals surface area (Å²) in [6.45, 7) is 9.92. The van der Waals surface area contributed by atoms with E-state index < -0.39 is 5.60 Å². The van der Waals surface area contributed by atoms with Gasteiger partial charge in [-0.1, -0.05) is 5.92 Å². The number of amides is 2. The summed E-state index contributed by atoms with van der Waals surface area (Å²) in [7, 11) is 0. The van der Waals surface area contributed by atoms with Gasteiger partial charge in [-0.05, 0) is 40.5 Å². The summed E-state index contributed by atoms with van der Waals surface area (Å²) < 4.78 is 17.0. The Bertz CT molecular complexity index is 512. The Kier molecular flexibility index (Phi) is 8.30. The van der Waals surface area contributed by atoms with Crippen LogP contribution in [0.5, 0.6) is 0 Å². The van der Waals surface area contributed by atoms with E-state index in [9.17, 15) is 9.59 Å². The number of ether oxygens (including phenoxy) is 3. The number of rotatable bonds is 12. The van der Waals surface area contributed by atoms with Gasteiger partial charge in [-0.25, -0.2) is 0 Å². The Hall–Kier alpha value is -1.68. The Balaban J connectivity index is 2.22. The molecule has 0 radical (unpaired) electrons. The molecule has 0 aromatic rings. The van der Waals surface area contributed by atoms with E-state index in [-0.39, 0.29) is 24.0 Å². The van der Waals surface area contributed by atoms with Gasteiger partial charge in [0.05, 0.1) is 37.6 Å². The standard InChI is InChI=1S/C19H29NO5/c1-6-12-23-13-9-18(2,3)24-14-10-19(4,5)25-15-11-20-16(21)7-8-17(20)22/h1,7-8H,9-15H2,2-5H3. The van der Waals surface area contributed by atoms with E-state index in [1.165, 1.54) is 17.1 Å². The summed E-state index contributed by atoms with van der Waals surface area (Å²) in [6.07, 6.45) is 9.13. The number of hydrogen-bond donors (Lipinski definition) is 0. The number of carbonyl (C=O) groups excluding carboxylic acids is 2. The molecule has 0 aromatic carbocycles. The Morgan fingerprint density at radius 1 is 0.960 bits per heavy atom. The lowest BCUT2D eigenvalue weighted by atomic mass is 10.0. The van der Waals surface area contributed by atoms with Crippen LogP contribution in [0.3, 0.4) is 0 Å². The second-order valence-electron chi connectivity index (χ2n) is 7.13. The van der Waals surface area contributed by atoms with Crippen molar-refractivity contribution in [3.63, 3.8) is 0 Å². The average molecular weight is 351 g/mol. The Morgan fingerprint density at radius 3 is 2.04 bits per heavy atom. The molecule has 25 heavy (non-hydrogen) atoms. The molecule has 1 aliphatic rings. The zero-order chi connectivity index (χ0) is 18.9. The molecule has 0 saturated carbocycles. The van der Waals surface area contributed by atoms with Crippen molar-refractivity contribution >= 4 is 11.8 Å². The molecule has 0 spiro atoms. The minimum atomic E-state index is -0.407. The lowest BCUT2D eigenvalue weighted by Crippen LogP contribution is -2.37. The molecule has 0 N–H and O–H groups in total. The van der Waals surface area contributed by atoms with Gasteiger partial charge in [-0.2, -0.15) is 0 Å². The molecule has 6 nitrogen and oxygen atoms in total. The summed E-state index contributed by atoms with van der Waals surface area (Å²) in [5, 5.41) is 0. The predicted molar refractivity (Wildman–Crippen MR) is 94.8 cm³/mol. The van der Waals surface area contributed by atoms with Crippen LogP contribution in [0.2, 0.25) is 0 Å². The normalized spacial score (nSPS) is 15.1. The third-order valence-corrected chi connectivity index (χ3v) is 3.94. The molecule has 1 aliphatic heterocycles. The van der Waals surface area contributed by atoms with Crippen LogP contribution in [-0.2, 0) is 23.8 Å². The molecule has 1 heterocycles. The highest BCUT2D eigenvalue weighted by atomic mass is 16.5. The maximum Gasteiger partial charge on any atom is 0.253 e. The smallest absolute Gasteiger partial charge is 0.253 e. The maximum absolute atomic E-state index is 11.5. The van der Waals surface area contributed by atoms with Gasteiger partial charge in [0.15, 0.2) is 0 Å². The second-order valence-corrected chi connectivity index (χ2v) is 7.13. The largest absolute Gasteiger partial charge is 0.375 e. The van der Waals surface area contributed by atoms with Crippen molar-refractivity contribution in [2.45, 2.75) is 51.7 Å². The van der Waals surface area contributed by atoms with Gasteiger partial charge in [0, 0.05) is 12.2 Å². The SMILES string of the molecule is C#CCOCCC(C)(C)OCCC(C)(C)OCCN1C(=O)C=CC1=O. The minimum absolute atomic E-state index is 0.257. The zero-order valence-electron chi connectivity index (χ0n) is 15.7. The van der Waals surface area contributed by atoms with E-state index in [2.05, 4.69) is 5.92 Å². The van der Waals surface area contributed by atoms with Crippen molar-refractivity contribution in [2.75, 3.05) is 33.0 Å². The first-order valence-electron chi connectivity index (χ1n) is 8.49. The third kappa shape index (κ3) is 8.30. The van der Waals surface area contributed by atoms with Crippen LogP contribution in [0.25, 0.3) is 0 Å². The highest BCUT2D eigenvalue weighted by molar-refractivity contribution is 6.12. The Labute approximate surface area is 150 Å².